The van der Waals surface area contributed by atoms with Crippen molar-refractivity contribution in [3.63, 3.8) is 0 Å². The van der Waals surface area contributed by atoms with Crippen molar-refractivity contribution in [1.29, 1.82) is 0 Å². The molecule has 0 radical (unpaired) electrons. The lowest BCUT2D eigenvalue weighted by atomic mass is 10.1. The maximum Gasteiger partial charge on any atom is 0.151 e. The average molecular weight is 338 g/mol. The highest BCUT2D eigenvalue weighted by Crippen LogP contribution is 2.21. The van der Waals surface area contributed by atoms with E-state index in [1.54, 1.807) is 0 Å². The number of nitrogens with one attached hydrogen (secondary N) is 1. The topological polar surface area (TPSA) is 41.3 Å². The van der Waals surface area contributed by atoms with Gasteiger partial charge in [-0.15, -0.1) is 0 Å². The standard InChI is InChI=1S/C15H20BrN3O/c1-19(2)9-3-8-17-11-14-10-15(18-20-14)12-4-6-13(16)7-5-12/h4-7,10,17H,3,8-9,11H2,1-2H3. The second kappa shape index (κ2) is 7.57. The Hall–Kier alpha value is -1.17. The first-order chi connectivity index (χ1) is 9.65. The van der Waals surface area contributed by atoms with Crippen LogP contribution in [0.25, 0.3) is 11.3 Å². The minimum absolute atomic E-state index is 0.719. The molecule has 0 aliphatic heterocycles. The fraction of sp³-hybridized carbons (Fsp3) is 0.400. The fourth-order valence-corrected chi connectivity index (χ4v) is 2.15. The summed E-state index contributed by atoms with van der Waals surface area (Å²) in [6.07, 6.45) is 1.13. The lowest BCUT2D eigenvalue weighted by Gasteiger charge is -2.08. The van der Waals surface area contributed by atoms with Gasteiger partial charge in [-0.05, 0) is 45.7 Å². The number of hydrogen-bond acceptors (Lipinski definition) is 4. The molecule has 4 nitrogen and oxygen atoms in total. The number of benzene rings is 1. The highest BCUT2D eigenvalue weighted by Gasteiger charge is 2.06. The smallest absolute Gasteiger partial charge is 0.151 e. The van der Waals surface area contributed by atoms with E-state index in [-0.39, 0.29) is 0 Å². The maximum atomic E-state index is 5.34. The molecule has 1 aromatic carbocycles. The average Bonchev–Trinajstić information content (AvgIpc) is 2.87. The second-order valence-corrected chi connectivity index (χ2v) is 5.93. The summed E-state index contributed by atoms with van der Waals surface area (Å²) in [4.78, 5) is 2.18. The Balaban J connectivity index is 1.82. The van der Waals surface area contributed by atoms with Gasteiger partial charge in [-0.3, -0.25) is 0 Å². The minimum atomic E-state index is 0.719. The number of rotatable bonds is 7. The highest BCUT2D eigenvalue weighted by atomic mass is 79.9. The molecule has 0 fully saturated rings. The molecule has 0 saturated heterocycles. The summed E-state index contributed by atoms with van der Waals surface area (Å²) < 4.78 is 6.40. The third-order valence-electron chi connectivity index (χ3n) is 2.96. The van der Waals surface area contributed by atoms with Crippen molar-refractivity contribution in [2.75, 3.05) is 27.2 Å². The summed E-state index contributed by atoms with van der Waals surface area (Å²) in [5.74, 6) is 0.868. The Morgan fingerprint density at radius 3 is 2.70 bits per heavy atom. The van der Waals surface area contributed by atoms with Gasteiger partial charge in [0.15, 0.2) is 5.76 Å². The third-order valence-corrected chi connectivity index (χ3v) is 3.49. The Labute approximate surface area is 128 Å². The molecule has 0 spiro atoms. The van der Waals surface area contributed by atoms with E-state index in [9.17, 15) is 0 Å². The van der Waals surface area contributed by atoms with E-state index < -0.39 is 0 Å². The van der Waals surface area contributed by atoms with E-state index in [4.69, 9.17) is 4.52 Å². The molecule has 0 saturated carbocycles. The van der Waals surface area contributed by atoms with Crippen molar-refractivity contribution in [2.45, 2.75) is 13.0 Å². The molecule has 0 amide bonds. The molecule has 5 heteroatoms. The molecular formula is C15H20BrN3O. The van der Waals surface area contributed by atoms with Crippen molar-refractivity contribution in [2.24, 2.45) is 0 Å². The predicted octanol–water partition coefficient (Wildman–Crippen LogP) is 3.15. The van der Waals surface area contributed by atoms with Gasteiger partial charge < -0.3 is 14.7 Å². The molecular weight excluding hydrogens is 318 g/mol. The monoisotopic (exact) mass is 337 g/mol. The van der Waals surface area contributed by atoms with Crippen molar-refractivity contribution in [3.8, 4) is 11.3 Å². The Morgan fingerprint density at radius 2 is 2.00 bits per heavy atom. The van der Waals surface area contributed by atoms with Crippen molar-refractivity contribution < 1.29 is 4.52 Å². The van der Waals surface area contributed by atoms with Crippen LogP contribution in [-0.2, 0) is 6.54 Å². The van der Waals surface area contributed by atoms with Crippen LogP contribution in [0, 0.1) is 0 Å². The van der Waals surface area contributed by atoms with E-state index in [2.05, 4.69) is 45.4 Å². The van der Waals surface area contributed by atoms with Gasteiger partial charge in [0, 0.05) is 16.1 Å². The van der Waals surface area contributed by atoms with Gasteiger partial charge in [-0.2, -0.15) is 0 Å². The lowest BCUT2D eigenvalue weighted by molar-refractivity contribution is 0.365. The van der Waals surface area contributed by atoms with Crippen LogP contribution in [0.4, 0.5) is 0 Å². The van der Waals surface area contributed by atoms with E-state index >= 15 is 0 Å². The highest BCUT2D eigenvalue weighted by molar-refractivity contribution is 9.10. The van der Waals surface area contributed by atoms with Crippen LogP contribution in [0.5, 0.6) is 0 Å². The van der Waals surface area contributed by atoms with Crippen molar-refractivity contribution >= 4 is 15.9 Å². The molecule has 0 aliphatic carbocycles. The summed E-state index contributed by atoms with van der Waals surface area (Å²) >= 11 is 3.42. The molecule has 0 unspecified atom stereocenters. The molecule has 1 aromatic heterocycles. The quantitative estimate of drug-likeness (QED) is 0.788. The number of aromatic nitrogens is 1. The van der Waals surface area contributed by atoms with Crippen LogP contribution >= 0.6 is 15.9 Å². The normalized spacial score (nSPS) is 11.2. The molecule has 0 atom stereocenters. The summed E-state index contributed by atoms with van der Waals surface area (Å²) in [5, 5.41) is 7.47. The number of halogens is 1. The van der Waals surface area contributed by atoms with E-state index in [0.29, 0.717) is 0 Å². The fourth-order valence-electron chi connectivity index (χ4n) is 1.88. The van der Waals surface area contributed by atoms with Crippen LogP contribution in [0.3, 0.4) is 0 Å². The Kier molecular flexibility index (Phi) is 5.76. The molecule has 2 rings (SSSR count). The van der Waals surface area contributed by atoms with Gasteiger partial charge in [0.2, 0.25) is 0 Å². The summed E-state index contributed by atoms with van der Waals surface area (Å²) in [7, 11) is 4.17. The molecule has 1 N–H and O–H groups in total. The van der Waals surface area contributed by atoms with Gasteiger partial charge in [0.05, 0.1) is 6.54 Å². The van der Waals surface area contributed by atoms with Crippen LogP contribution in [-0.4, -0.2) is 37.2 Å². The largest absolute Gasteiger partial charge is 0.359 e. The zero-order chi connectivity index (χ0) is 14.4. The van der Waals surface area contributed by atoms with Gasteiger partial charge in [0.1, 0.15) is 5.69 Å². The van der Waals surface area contributed by atoms with E-state index in [1.807, 2.05) is 30.3 Å². The molecule has 20 heavy (non-hydrogen) atoms. The molecule has 108 valence electrons. The molecule has 2 aromatic rings. The summed E-state index contributed by atoms with van der Waals surface area (Å²) in [6.45, 7) is 2.79. The van der Waals surface area contributed by atoms with Crippen molar-refractivity contribution in [3.05, 3.63) is 40.6 Å². The van der Waals surface area contributed by atoms with Crippen molar-refractivity contribution in [1.82, 2.24) is 15.4 Å². The third kappa shape index (κ3) is 4.74. The second-order valence-electron chi connectivity index (χ2n) is 5.02. The molecule has 1 heterocycles. The Bertz CT molecular complexity index is 522. The van der Waals surface area contributed by atoms with Crippen LogP contribution < -0.4 is 5.32 Å². The number of hydrogen-bond donors (Lipinski definition) is 1. The molecule has 0 aliphatic rings. The minimum Gasteiger partial charge on any atom is -0.359 e. The van der Waals surface area contributed by atoms with E-state index in [0.717, 1.165) is 47.5 Å². The zero-order valence-corrected chi connectivity index (χ0v) is 13.5. The predicted molar refractivity (Wildman–Crippen MR) is 84.5 cm³/mol. The number of nitrogens with zero attached hydrogens (tertiary/aromatic N) is 2. The van der Waals surface area contributed by atoms with E-state index in [1.165, 1.54) is 0 Å². The SMILES string of the molecule is CN(C)CCCNCc1cc(-c2ccc(Br)cc2)no1. The van der Waals surface area contributed by atoms with Gasteiger partial charge in [-0.25, -0.2) is 0 Å². The van der Waals surface area contributed by atoms with Crippen LogP contribution in [0.15, 0.2) is 39.3 Å². The first-order valence-corrected chi connectivity index (χ1v) is 7.51. The molecule has 0 bridgehead atoms. The van der Waals surface area contributed by atoms with Gasteiger partial charge >= 0.3 is 0 Å². The van der Waals surface area contributed by atoms with Crippen LogP contribution in [0.2, 0.25) is 0 Å². The first-order valence-electron chi connectivity index (χ1n) is 6.72. The van der Waals surface area contributed by atoms with Gasteiger partial charge in [0.25, 0.3) is 0 Å². The Morgan fingerprint density at radius 1 is 1.25 bits per heavy atom. The maximum absolute atomic E-state index is 5.34. The first kappa shape index (κ1) is 15.2. The van der Waals surface area contributed by atoms with Crippen LogP contribution in [0.1, 0.15) is 12.2 Å². The summed E-state index contributed by atoms with van der Waals surface area (Å²) in [6, 6.07) is 10.0. The van der Waals surface area contributed by atoms with Gasteiger partial charge in [-0.1, -0.05) is 33.2 Å². The summed E-state index contributed by atoms with van der Waals surface area (Å²) in [5.41, 5.74) is 1.94. The lowest BCUT2D eigenvalue weighted by Crippen LogP contribution is -2.20. The zero-order valence-electron chi connectivity index (χ0n) is 11.9.